The number of hydrogen-bond donors (Lipinski definition) is 2. The monoisotopic (exact) mass is 292 g/mol. The first-order chi connectivity index (χ1) is 9.15. The lowest BCUT2D eigenvalue weighted by molar-refractivity contribution is -0.118. The van der Waals surface area contributed by atoms with Gasteiger partial charge in [-0.05, 0) is 23.9 Å². The van der Waals surface area contributed by atoms with Crippen molar-refractivity contribution in [2.45, 2.75) is 5.37 Å². The van der Waals surface area contributed by atoms with E-state index in [4.69, 9.17) is 11.6 Å². The molecule has 1 saturated heterocycles. The predicted molar refractivity (Wildman–Crippen MR) is 77.5 cm³/mol. The topological polar surface area (TPSA) is 58.2 Å². The van der Waals surface area contributed by atoms with E-state index in [-0.39, 0.29) is 11.1 Å². The molecule has 0 spiro atoms. The number of imide groups is 1. The summed E-state index contributed by atoms with van der Waals surface area (Å²) in [6.07, 6.45) is 0. The Hall–Kier alpha value is -1.72. The van der Waals surface area contributed by atoms with Crippen molar-refractivity contribution in [2.24, 2.45) is 0 Å². The van der Waals surface area contributed by atoms with Crippen LogP contribution in [0.15, 0.2) is 36.4 Å². The summed E-state index contributed by atoms with van der Waals surface area (Å²) in [5, 5.41) is 6.85. The van der Waals surface area contributed by atoms with Gasteiger partial charge < -0.3 is 5.32 Å². The van der Waals surface area contributed by atoms with Crippen LogP contribution in [0.2, 0.25) is 5.02 Å². The lowest BCUT2D eigenvalue weighted by atomic mass is 10.1. The molecule has 2 aromatic rings. The summed E-state index contributed by atoms with van der Waals surface area (Å²) in [6, 6.07) is 11.2. The number of nitrogens with one attached hydrogen (secondary N) is 2. The SMILES string of the molecule is O=C1NC(=O)C(Nc2ccc(Cl)c3ccccc23)S1. The molecule has 1 unspecified atom stereocenters. The van der Waals surface area contributed by atoms with Gasteiger partial charge in [0.2, 0.25) is 0 Å². The van der Waals surface area contributed by atoms with Gasteiger partial charge in [-0.2, -0.15) is 0 Å². The molecule has 1 fully saturated rings. The van der Waals surface area contributed by atoms with Crippen LogP contribution in [-0.2, 0) is 4.79 Å². The molecule has 2 N–H and O–H groups in total. The van der Waals surface area contributed by atoms with Crippen LogP contribution in [-0.4, -0.2) is 16.5 Å². The first kappa shape index (κ1) is 12.3. The molecule has 19 heavy (non-hydrogen) atoms. The number of benzene rings is 2. The minimum absolute atomic E-state index is 0.325. The minimum atomic E-state index is -0.600. The number of amides is 2. The van der Waals surface area contributed by atoms with E-state index in [0.29, 0.717) is 5.02 Å². The zero-order chi connectivity index (χ0) is 13.4. The first-order valence-electron chi connectivity index (χ1n) is 5.60. The molecule has 1 aliphatic heterocycles. The zero-order valence-corrected chi connectivity index (χ0v) is 11.2. The quantitative estimate of drug-likeness (QED) is 0.892. The maximum absolute atomic E-state index is 11.6. The minimum Gasteiger partial charge on any atom is -0.365 e. The second-order valence-corrected chi connectivity index (χ2v) is 5.54. The molecular formula is C13H9ClN2O2S. The van der Waals surface area contributed by atoms with E-state index in [1.165, 1.54) is 0 Å². The van der Waals surface area contributed by atoms with Crippen molar-refractivity contribution >= 4 is 51.0 Å². The number of hydrogen-bond acceptors (Lipinski definition) is 4. The highest BCUT2D eigenvalue weighted by Crippen LogP contribution is 2.31. The Balaban J connectivity index is 2.00. The van der Waals surface area contributed by atoms with Crippen LogP contribution in [0.25, 0.3) is 10.8 Å². The van der Waals surface area contributed by atoms with Crippen LogP contribution >= 0.6 is 23.4 Å². The number of halogens is 1. The van der Waals surface area contributed by atoms with Crippen LogP contribution in [0.4, 0.5) is 10.5 Å². The summed E-state index contributed by atoms with van der Waals surface area (Å²) in [6.45, 7) is 0. The van der Waals surface area contributed by atoms with Crippen molar-refractivity contribution < 1.29 is 9.59 Å². The van der Waals surface area contributed by atoms with Gasteiger partial charge in [0.1, 0.15) is 0 Å². The molecule has 1 atom stereocenters. The third-order valence-electron chi connectivity index (χ3n) is 2.85. The average molecular weight is 293 g/mol. The van der Waals surface area contributed by atoms with Crippen LogP contribution < -0.4 is 10.6 Å². The fourth-order valence-electron chi connectivity index (χ4n) is 1.98. The normalized spacial score (nSPS) is 18.7. The Morgan fingerprint density at radius 2 is 1.84 bits per heavy atom. The lowest BCUT2D eigenvalue weighted by Crippen LogP contribution is -2.29. The summed E-state index contributed by atoms with van der Waals surface area (Å²) in [5.74, 6) is -0.325. The average Bonchev–Trinajstić information content (AvgIpc) is 2.72. The molecule has 1 aliphatic rings. The predicted octanol–water partition coefficient (Wildman–Crippen LogP) is 3.21. The maximum atomic E-state index is 11.6. The van der Waals surface area contributed by atoms with Gasteiger partial charge in [0, 0.05) is 21.5 Å². The molecule has 6 heteroatoms. The number of rotatable bonds is 2. The standard InChI is InChI=1S/C13H9ClN2O2S/c14-9-5-6-10(8-4-2-1-3-7(8)9)15-12-11(17)16-13(18)19-12/h1-6,12,15H,(H,16,17,18). The van der Waals surface area contributed by atoms with E-state index in [0.717, 1.165) is 28.2 Å². The second kappa shape index (κ2) is 4.75. The van der Waals surface area contributed by atoms with Crippen molar-refractivity contribution in [1.82, 2.24) is 5.32 Å². The maximum Gasteiger partial charge on any atom is 0.288 e. The van der Waals surface area contributed by atoms with Crippen molar-refractivity contribution in [2.75, 3.05) is 5.32 Å². The third-order valence-corrected chi connectivity index (χ3v) is 4.06. The van der Waals surface area contributed by atoms with E-state index >= 15 is 0 Å². The van der Waals surface area contributed by atoms with Crippen LogP contribution in [0, 0.1) is 0 Å². The molecule has 0 bridgehead atoms. The molecule has 0 saturated carbocycles. The zero-order valence-electron chi connectivity index (χ0n) is 9.64. The molecule has 1 heterocycles. The smallest absolute Gasteiger partial charge is 0.288 e. The Bertz CT molecular complexity index is 689. The Morgan fingerprint density at radius 3 is 2.53 bits per heavy atom. The van der Waals surface area contributed by atoms with E-state index in [1.54, 1.807) is 12.1 Å². The van der Waals surface area contributed by atoms with Crippen molar-refractivity contribution in [3.63, 3.8) is 0 Å². The molecule has 0 radical (unpaired) electrons. The molecule has 2 amide bonds. The number of anilines is 1. The molecular weight excluding hydrogens is 284 g/mol. The molecule has 4 nitrogen and oxygen atoms in total. The summed E-state index contributed by atoms with van der Waals surface area (Å²) in [7, 11) is 0. The van der Waals surface area contributed by atoms with Gasteiger partial charge in [0.05, 0.1) is 0 Å². The fourth-order valence-corrected chi connectivity index (χ4v) is 2.93. The second-order valence-electron chi connectivity index (χ2n) is 4.06. The summed E-state index contributed by atoms with van der Waals surface area (Å²) in [5.41, 5.74) is 0.780. The van der Waals surface area contributed by atoms with Crippen LogP contribution in [0.5, 0.6) is 0 Å². The number of thioether (sulfide) groups is 1. The molecule has 0 aromatic heterocycles. The highest BCUT2D eigenvalue weighted by atomic mass is 35.5. The van der Waals surface area contributed by atoms with Crippen molar-refractivity contribution in [3.05, 3.63) is 41.4 Å². The van der Waals surface area contributed by atoms with Crippen molar-refractivity contribution in [3.8, 4) is 0 Å². The third kappa shape index (κ3) is 2.27. The molecule has 96 valence electrons. The highest BCUT2D eigenvalue weighted by Gasteiger charge is 2.31. The van der Waals surface area contributed by atoms with Gasteiger partial charge in [0.25, 0.3) is 11.1 Å². The highest BCUT2D eigenvalue weighted by molar-refractivity contribution is 8.15. The molecule has 0 aliphatic carbocycles. The van der Waals surface area contributed by atoms with Crippen LogP contribution in [0.3, 0.4) is 0 Å². The molecule has 3 rings (SSSR count). The van der Waals surface area contributed by atoms with Gasteiger partial charge in [-0.15, -0.1) is 0 Å². The van der Waals surface area contributed by atoms with Gasteiger partial charge >= 0.3 is 0 Å². The van der Waals surface area contributed by atoms with Crippen LogP contribution in [0.1, 0.15) is 0 Å². The van der Waals surface area contributed by atoms with Gasteiger partial charge in [0.15, 0.2) is 5.37 Å². The Morgan fingerprint density at radius 1 is 1.11 bits per heavy atom. The summed E-state index contributed by atoms with van der Waals surface area (Å²) in [4.78, 5) is 22.7. The lowest BCUT2D eigenvalue weighted by Gasteiger charge is -2.13. The summed E-state index contributed by atoms with van der Waals surface area (Å²) < 4.78 is 0. The van der Waals surface area contributed by atoms with E-state index in [9.17, 15) is 9.59 Å². The van der Waals surface area contributed by atoms with E-state index in [1.807, 2.05) is 24.3 Å². The Kier molecular flexibility index (Phi) is 3.08. The van der Waals surface area contributed by atoms with Gasteiger partial charge in [-0.3, -0.25) is 14.9 Å². The van der Waals surface area contributed by atoms with Gasteiger partial charge in [-0.25, -0.2) is 0 Å². The number of fused-ring (bicyclic) bond motifs is 1. The largest absolute Gasteiger partial charge is 0.365 e. The Labute approximate surface area is 118 Å². The van der Waals surface area contributed by atoms with E-state index in [2.05, 4.69) is 10.6 Å². The van der Waals surface area contributed by atoms with Gasteiger partial charge in [-0.1, -0.05) is 35.9 Å². The van der Waals surface area contributed by atoms with E-state index < -0.39 is 5.37 Å². The van der Waals surface area contributed by atoms with Crippen molar-refractivity contribution in [1.29, 1.82) is 0 Å². The number of carbonyl (C=O) groups excluding carboxylic acids is 2. The molecule has 2 aromatic carbocycles. The number of carbonyl (C=O) groups is 2. The fraction of sp³-hybridized carbons (Fsp3) is 0.0769. The summed E-state index contributed by atoms with van der Waals surface area (Å²) >= 11 is 7.07. The first-order valence-corrected chi connectivity index (χ1v) is 6.86.